The van der Waals surface area contributed by atoms with Gasteiger partial charge in [0.1, 0.15) is 5.82 Å². The van der Waals surface area contributed by atoms with Crippen molar-refractivity contribution in [2.24, 2.45) is 0 Å². The highest BCUT2D eigenvalue weighted by molar-refractivity contribution is 5.05. The third-order valence-electron chi connectivity index (χ3n) is 3.31. The number of rotatable bonds is 2. The van der Waals surface area contributed by atoms with E-state index in [1.54, 1.807) is 4.57 Å². The van der Waals surface area contributed by atoms with Gasteiger partial charge in [-0.15, -0.1) is 0 Å². The van der Waals surface area contributed by atoms with Crippen molar-refractivity contribution in [3.63, 3.8) is 0 Å². The Labute approximate surface area is 117 Å². The van der Waals surface area contributed by atoms with Gasteiger partial charge in [-0.2, -0.15) is 18.3 Å². The van der Waals surface area contributed by atoms with E-state index in [1.165, 1.54) is 6.07 Å². The summed E-state index contributed by atoms with van der Waals surface area (Å²) in [6, 6.07) is 1.35. The zero-order chi connectivity index (χ0) is 15.0. The van der Waals surface area contributed by atoms with Crippen molar-refractivity contribution in [3.8, 4) is 0 Å². The van der Waals surface area contributed by atoms with Gasteiger partial charge in [0, 0.05) is 19.2 Å². The Kier molecular flexibility index (Phi) is 3.26. The van der Waals surface area contributed by atoms with Crippen LogP contribution in [0, 0.1) is 0 Å². The molecular formula is C12H12F3N5O. The lowest BCUT2D eigenvalue weighted by Gasteiger charge is -2.09. The minimum absolute atomic E-state index is 0.0928. The number of aryl methyl sites for hydroxylation is 1. The van der Waals surface area contributed by atoms with Crippen LogP contribution < -0.4 is 5.69 Å². The highest BCUT2D eigenvalue weighted by Crippen LogP contribution is 2.25. The van der Waals surface area contributed by atoms with E-state index >= 15 is 0 Å². The van der Waals surface area contributed by atoms with Gasteiger partial charge in [-0.25, -0.2) is 19.4 Å². The molecule has 0 amide bonds. The van der Waals surface area contributed by atoms with E-state index < -0.39 is 12.0 Å². The maximum Gasteiger partial charge on any atom is 0.451 e. The summed E-state index contributed by atoms with van der Waals surface area (Å²) in [6.45, 7) is 0.510. The first kappa shape index (κ1) is 13.8. The number of nitrogens with zero attached hydrogens (tertiary/aromatic N) is 5. The molecule has 0 bridgehead atoms. The summed E-state index contributed by atoms with van der Waals surface area (Å²) < 4.78 is 40.4. The third kappa shape index (κ3) is 2.67. The van der Waals surface area contributed by atoms with Crippen LogP contribution in [0.1, 0.15) is 30.2 Å². The molecule has 2 aromatic heterocycles. The summed E-state index contributed by atoms with van der Waals surface area (Å²) in [5.41, 5.74) is -0.202. The normalized spacial score (nSPS) is 15.0. The third-order valence-corrected chi connectivity index (χ3v) is 3.31. The molecule has 1 aliphatic rings. The average molecular weight is 299 g/mol. The molecule has 0 fully saturated rings. The fourth-order valence-electron chi connectivity index (χ4n) is 2.33. The van der Waals surface area contributed by atoms with Crippen molar-refractivity contribution >= 4 is 0 Å². The SMILES string of the molecule is O=c1n(Cc2ccnc(C(F)(F)F)n2)nc2n1CCCC2. The van der Waals surface area contributed by atoms with Crippen molar-refractivity contribution in [2.75, 3.05) is 0 Å². The van der Waals surface area contributed by atoms with Crippen LogP contribution >= 0.6 is 0 Å². The molecule has 0 saturated carbocycles. The Morgan fingerprint density at radius 3 is 2.81 bits per heavy atom. The zero-order valence-electron chi connectivity index (χ0n) is 11.0. The number of hydrogen-bond donors (Lipinski definition) is 0. The summed E-state index contributed by atoms with van der Waals surface area (Å²) in [5, 5.41) is 4.16. The lowest BCUT2D eigenvalue weighted by molar-refractivity contribution is -0.145. The highest BCUT2D eigenvalue weighted by atomic mass is 19.4. The minimum Gasteiger partial charge on any atom is -0.279 e. The van der Waals surface area contributed by atoms with Gasteiger partial charge in [-0.3, -0.25) is 4.57 Å². The molecule has 9 heteroatoms. The molecule has 0 unspecified atom stereocenters. The zero-order valence-corrected chi connectivity index (χ0v) is 11.0. The Balaban J connectivity index is 1.91. The maximum atomic E-state index is 12.6. The quantitative estimate of drug-likeness (QED) is 0.837. The predicted molar refractivity (Wildman–Crippen MR) is 65.6 cm³/mol. The Morgan fingerprint density at radius 2 is 2.10 bits per heavy atom. The van der Waals surface area contributed by atoms with Gasteiger partial charge in [-0.05, 0) is 18.9 Å². The topological polar surface area (TPSA) is 65.6 Å². The van der Waals surface area contributed by atoms with Gasteiger partial charge in [0.25, 0.3) is 0 Å². The highest BCUT2D eigenvalue weighted by Gasteiger charge is 2.34. The minimum atomic E-state index is -4.60. The molecule has 3 heterocycles. The second-order valence-electron chi connectivity index (χ2n) is 4.83. The lowest BCUT2D eigenvalue weighted by atomic mass is 10.2. The van der Waals surface area contributed by atoms with E-state index in [0.717, 1.165) is 23.7 Å². The number of alkyl halides is 3. The molecule has 0 saturated heterocycles. The first-order valence-electron chi connectivity index (χ1n) is 6.51. The number of aromatic nitrogens is 5. The molecule has 1 aliphatic heterocycles. The van der Waals surface area contributed by atoms with Crippen molar-refractivity contribution in [2.45, 2.75) is 38.5 Å². The summed E-state index contributed by atoms with van der Waals surface area (Å²) in [5.74, 6) is -0.534. The van der Waals surface area contributed by atoms with Gasteiger partial charge in [-0.1, -0.05) is 0 Å². The van der Waals surface area contributed by atoms with Crippen LogP contribution in [0.5, 0.6) is 0 Å². The maximum absolute atomic E-state index is 12.6. The van der Waals surface area contributed by atoms with Crippen molar-refractivity contribution < 1.29 is 13.2 Å². The molecule has 2 aromatic rings. The molecule has 0 spiro atoms. The molecule has 0 N–H and O–H groups in total. The Morgan fingerprint density at radius 1 is 1.29 bits per heavy atom. The van der Waals surface area contributed by atoms with E-state index in [1.807, 2.05) is 0 Å². The number of fused-ring (bicyclic) bond motifs is 1. The van der Waals surface area contributed by atoms with E-state index in [4.69, 9.17) is 0 Å². The first-order valence-corrected chi connectivity index (χ1v) is 6.51. The molecule has 0 atom stereocenters. The molecular weight excluding hydrogens is 287 g/mol. The molecule has 21 heavy (non-hydrogen) atoms. The van der Waals surface area contributed by atoms with Crippen LogP contribution in [0.2, 0.25) is 0 Å². The molecule has 0 aliphatic carbocycles. The van der Waals surface area contributed by atoms with Gasteiger partial charge in [0.05, 0.1) is 12.2 Å². The van der Waals surface area contributed by atoms with Gasteiger partial charge >= 0.3 is 11.9 Å². The average Bonchev–Trinajstić information content (AvgIpc) is 2.75. The van der Waals surface area contributed by atoms with Crippen LogP contribution in [0.3, 0.4) is 0 Å². The van der Waals surface area contributed by atoms with E-state index in [-0.39, 0.29) is 17.9 Å². The summed E-state index contributed by atoms with van der Waals surface area (Å²) >= 11 is 0. The Bertz CT molecular complexity index is 718. The van der Waals surface area contributed by atoms with Crippen molar-refractivity contribution in [1.29, 1.82) is 0 Å². The fourth-order valence-corrected chi connectivity index (χ4v) is 2.33. The monoisotopic (exact) mass is 299 g/mol. The standard InChI is InChI=1S/C12H12F3N5O/c13-12(14,15)10-16-5-4-8(17-10)7-20-11(21)19-6-2-1-3-9(19)18-20/h4-5H,1-3,6-7H2. The van der Waals surface area contributed by atoms with Crippen molar-refractivity contribution in [1.82, 2.24) is 24.3 Å². The van der Waals surface area contributed by atoms with E-state index in [9.17, 15) is 18.0 Å². The van der Waals surface area contributed by atoms with Crippen LogP contribution in [0.4, 0.5) is 13.2 Å². The van der Waals surface area contributed by atoms with E-state index in [2.05, 4.69) is 15.1 Å². The summed E-state index contributed by atoms with van der Waals surface area (Å²) in [7, 11) is 0. The molecule has 112 valence electrons. The summed E-state index contributed by atoms with van der Waals surface area (Å²) in [6.07, 6.45) is -0.993. The summed E-state index contributed by atoms with van der Waals surface area (Å²) in [4.78, 5) is 18.7. The molecule has 0 aromatic carbocycles. The first-order chi connectivity index (χ1) is 9.95. The van der Waals surface area contributed by atoms with E-state index in [0.29, 0.717) is 18.8 Å². The fraction of sp³-hybridized carbons (Fsp3) is 0.500. The van der Waals surface area contributed by atoms with Crippen LogP contribution in [-0.2, 0) is 25.7 Å². The predicted octanol–water partition coefficient (Wildman–Crippen LogP) is 1.24. The molecule has 0 radical (unpaired) electrons. The second kappa shape index (κ2) is 4.97. The van der Waals surface area contributed by atoms with Gasteiger partial charge in [0.15, 0.2) is 0 Å². The van der Waals surface area contributed by atoms with Crippen molar-refractivity contribution in [3.05, 3.63) is 40.1 Å². The number of hydrogen-bond acceptors (Lipinski definition) is 4. The second-order valence-corrected chi connectivity index (χ2v) is 4.83. The smallest absolute Gasteiger partial charge is 0.279 e. The number of halogens is 3. The van der Waals surface area contributed by atoms with Gasteiger partial charge in [0.2, 0.25) is 5.82 Å². The molecule has 6 nitrogen and oxygen atoms in total. The van der Waals surface area contributed by atoms with Crippen LogP contribution in [0.25, 0.3) is 0 Å². The van der Waals surface area contributed by atoms with Crippen LogP contribution in [0.15, 0.2) is 17.1 Å². The largest absolute Gasteiger partial charge is 0.451 e. The van der Waals surface area contributed by atoms with Gasteiger partial charge < -0.3 is 0 Å². The van der Waals surface area contributed by atoms with Crippen LogP contribution in [-0.4, -0.2) is 24.3 Å². The lowest BCUT2D eigenvalue weighted by Crippen LogP contribution is -2.27. The Hall–Kier alpha value is -2.19. The molecule has 3 rings (SSSR count).